The molecule has 1 rings (SSSR count). The highest BCUT2D eigenvalue weighted by atomic mass is 35.5. The summed E-state index contributed by atoms with van der Waals surface area (Å²) < 4.78 is 60.6. The van der Waals surface area contributed by atoms with Crippen LogP contribution in [-0.2, 0) is 6.18 Å². The van der Waals surface area contributed by atoms with Crippen LogP contribution in [0.2, 0.25) is 5.15 Å². The van der Waals surface area contributed by atoms with Gasteiger partial charge in [0.25, 0.3) is 6.43 Å². The van der Waals surface area contributed by atoms with Gasteiger partial charge in [-0.15, -0.1) is 0 Å². The molecule has 2 nitrogen and oxygen atoms in total. The van der Waals surface area contributed by atoms with Gasteiger partial charge in [0, 0.05) is 0 Å². The first kappa shape index (κ1) is 12.0. The highest BCUT2D eigenvalue weighted by Gasteiger charge is 2.35. The standard InChI is InChI=1S/C7H3ClF5NO/c8-5-4(15)2(6(9)10)1-3(14-5)7(11,12)13/h1,6,15H. The molecule has 0 aliphatic rings. The predicted molar refractivity (Wildman–Crippen MR) is 40.9 cm³/mol. The summed E-state index contributed by atoms with van der Waals surface area (Å²) in [4.78, 5) is 2.74. The van der Waals surface area contributed by atoms with Crippen LogP contribution in [0.3, 0.4) is 0 Å². The molecule has 1 heterocycles. The molecule has 0 aromatic carbocycles. The van der Waals surface area contributed by atoms with E-state index < -0.39 is 34.8 Å². The second-order valence-electron chi connectivity index (χ2n) is 2.53. The summed E-state index contributed by atoms with van der Waals surface area (Å²) in [6.07, 6.45) is -8.15. The minimum Gasteiger partial charge on any atom is -0.504 e. The smallest absolute Gasteiger partial charge is 0.433 e. The number of pyridine rings is 1. The molecular formula is C7H3ClF5NO. The van der Waals surface area contributed by atoms with Crippen molar-refractivity contribution >= 4 is 11.6 Å². The number of nitrogens with zero attached hydrogens (tertiary/aromatic N) is 1. The highest BCUT2D eigenvalue weighted by molar-refractivity contribution is 6.30. The van der Waals surface area contributed by atoms with E-state index in [1.165, 1.54) is 0 Å². The van der Waals surface area contributed by atoms with E-state index in [-0.39, 0.29) is 6.07 Å². The average Bonchev–Trinajstić information content (AvgIpc) is 2.06. The molecule has 1 aromatic rings. The van der Waals surface area contributed by atoms with E-state index in [2.05, 4.69) is 4.98 Å². The van der Waals surface area contributed by atoms with Crippen LogP contribution in [0.25, 0.3) is 0 Å². The number of hydrogen-bond acceptors (Lipinski definition) is 2. The molecule has 0 saturated heterocycles. The van der Waals surface area contributed by atoms with Crippen LogP contribution in [0.15, 0.2) is 6.07 Å². The normalized spacial score (nSPS) is 12.2. The zero-order valence-corrected chi connectivity index (χ0v) is 7.57. The van der Waals surface area contributed by atoms with Crippen LogP contribution >= 0.6 is 11.6 Å². The number of rotatable bonds is 1. The van der Waals surface area contributed by atoms with Crippen molar-refractivity contribution in [2.75, 3.05) is 0 Å². The van der Waals surface area contributed by atoms with Crippen molar-refractivity contribution in [1.82, 2.24) is 4.98 Å². The van der Waals surface area contributed by atoms with Gasteiger partial charge in [-0.25, -0.2) is 13.8 Å². The van der Waals surface area contributed by atoms with E-state index in [4.69, 9.17) is 16.7 Å². The second kappa shape index (κ2) is 3.80. The van der Waals surface area contributed by atoms with Crippen molar-refractivity contribution in [3.05, 3.63) is 22.5 Å². The van der Waals surface area contributed by atoms with E-state index in [0.29, 0.717) is 0 Å². The van der Waals surface area contributed by atoms with Crippen molar-refractivity contribution in [3.8, 4) is 5.75 Å². The van der Waals surface area contributed by atoms with Gasteiger partial charge in [-0.2, -0.15) is 13.2 Å². The Labute approximate surface area is 85.3 Å². The summed E-state index contributed by atoms with van der Waals surface area (Å²) in [5, 5.41) is 7.92. The molecule has 15 heavy (non-hydrogen) atoms. The summed E-state index contributed by atoms with van der Waals surface area (Å²) >= 11 is 5.07. The van der Waals surface area contributed by atoms with Crippen LogP contribution in [0.5, 0.6) is 5.75 Å². The Hall–Kier alpha value is -1.11. The third-order valence-electron chi connectivity index (χ3n) is 1.51. The maximum atomic E-state index is 12.2. The Morgan fingerprint density at radius 1 is 1.33 bits per heavy atom. The van der Waals surface area contributed by atoms with Crippen molar-refractivity contribution in [3.63, 3.8) is 0 Å². The molecule has 0 amide bonds. The van der Waals surface area contributed by atoms with E-state index in [1.54, 1.807) is 0 Å². The Kier molecular flexibility index (Phi) is 3.03. The lowest BCUT2D eigenvalue weighted by Gasteiger charge is -2.10. The topological polar surface area (TPSA) is 33.1 Å². The third kappa shape index (κ3) is 2.47. The number of aromatic hydroxyl groups is 1. The molecule has 0 unspecified atom stereocenters. The van der Waals surface area contributed by atoms with Crippen molar-refractivity contribution < 1.29 is 27.1 Å². The molecule has 0 atom stereocenters. The first-order chi connectivity index (χ1) is 6.73. The van der Waals surface area contributed by atoms with Gasteiger partial charge in [0.15, 0.2) is 10.9 Å². The van der Waals surface area contributed by atoms with Gasteiger partial charge in [0.05, 0.1) is 5.56 Å². The average molecular weight is 248 g/mol. The first-order valence-corrected chi connectivity index (χ1v) is 3.86. The molecule has 0 spiro atoms. The molecule has 0 aliphatic carbocycles. The number of aromatic nitrogens is 1. The summed E-state index contributed by atoms with van der Waals surface area (Å²) in [7, 11) is 0. The monoisotopic (exact) mass is 247 g/mol. The largest absolute Gasteiger partial charge is 0.504 e. The van der Waals surface area contributed by atoms with Crippen LogP contribution in [0.4, 0.5) is 22.0 Å². The summed E-state index contributed by atoms with van der Waals surface area (Å²) in [6.45, 7) is 0. The van der Waals surface area contributed by atoms with Gasteiger partial charge in [0.1, 0.15) is 5.69 Å². The minimum absolute atomic E-state index is 0.0614. The maximum absolute atomic E-state index is 12.2. The molecule has 84 valence electrons. The van der Waals surface area contributed by atoms with Gasteiger partial charge in [0.2, 0.25) is 0 Å². The zero-order chi connectivity index (χ0) is 11.8. The SMILES string of the molecule is Oc1c(C(F)F)cc(C(F)(F)F)nc1Cl. The van der Waals surface area contributed by atoms with Gasteiger partial charge < -0.3 is 5.11 Å². The van der Waals surface area contributed by atoms with Gasteiger partial charge >= 0.3 is 6.18 Å². The van der Waals surface area contributed by atoms with Crippen LogP contribution < -0.4 is 0 Å². The van der Waals surface area contributed by atoms with Gasteiger partial charge in [-0.3, -0.25) is 0 Å². The molecule has 1 aromatic heterocycles. The molecule has 0 aliphatic heterocycles. The first-order valence-electron chi connectivity index (χ1n) is 3.48. The predicted octanol–water partition coefficient (Wildman–Crippen LogP) is 3.40. The van der Waals surface area contributed by atoms with Crippen LogP contribution in [0.1, 0.15) is 17.7 Å². The van der Waals surface area contributed by atoms with Crippen molar-refractivity contribution in [2.45, 2.75) is 12.6 Å². The highest BCUT2D eigenvalue weighted by Crippen LogP contribution is 2.37. The molecule has 0 saturated carbocycles. The molecule has 0 radical (unpaired) electrons. The number of alkyl halides is 5. The molecule has 1 N–H and O–H groups in total. The Balaban J connectivity index is 3.36. The third-order valence-corrected chi connectivity index (χ3v) is 1.77. The quantitative estimate of drug-likeness (QED) is 0.609. The molecule has 0 bridgehead atoms. The number of halogens is 6. The lowest BCUT2D eigenvalue weighted by atomic mass is 10.2. The van der Waals surface area contributed by atoms with Gasteiger partial charge in [-0.1, -0.05) is 11.6 Å². The maximum Gasteiger partial charge on any atom is 0.433 e. The van der Waals surface area contributed by atoms with Crippen LogP contribution in [0, 0.1) is 0 Å². The lowest BCUT2D eigenvalue weighted by molar-refractivity contribution is -0.141. The molecule has 0 fully saturated rings. The fourth-order valence-electron chi connectivity index (χ4n) is 0.837. The molecule has 8 heteroatoms. The summed E-state index contributed by atoms with van der Waals surface area (Å²) in [5.74, 6) is -1.14. The lowest BCUT2D eigenvalue weighted by Crippen LogP contribution is -2.09. The van der Waals surface area contributed by atoms with E-state index in [0.717, 1.165) is 0 Å². The minimum atomic E-state index is -4.89. The van der Waals surface area contributed by atoms with E-state index >= 15 is 0 Å². The second-order valence-corrected chi connectivity index (χ2v) is 2.89. The Morgan fingerprint density at radius 2 is 1.87 bits per heavy atom. The fraction of sp³-hybridized carbons (Fsp3) is 0.286. The Morgan fingerprint density at radius 3 is 2.27 bits per heavy atom. The zero-order valence-electron chi connectivity index (χ0n) is 6.82. The summed E-state index contributed by atoms with van der Waals surface area (Å²) in [5.41, 5.74) is -2.76. The fourth-order valence-corrected chi connectivity index (χ4v) is 1.04. The Bertz CT molecular complexity index is 378. The summed E-state index contributed by atoms with van der Waals surface area (Å²) in [6, 6.07) is 0.0614. The van der Waals surface area contributed by atoms with Crippen molar-refractivity contribution in [1.29, 1.82) is 0 Å². The van der Waals surface area contributed by atoms with E-state index in [9.17, 15) is 22.0 Å². The van der Waals surface area contributed by atoms with E-state index in [1.807, 2.05) is 0 Å². The molecular weight excluding hydrogens is 245 g/mol. The van der Waals surface area contributed by atoms with Gasteiger partial charge in [-0.05, 0) is 6.07 Å². The van der Waals surface area contributed by atoms with Crippen molar-refractivity contribution in [2.24, 2.45) is 0 Å². The number of hydrogen-bond donors (Lipinski definition) is 1. The van der Waals surface area contributed by atoms with Crippen LogP contribution in [-0.4, -0.2) is 10.1 Å².